The van der Waals surface area contributed by atoms with Gasteiger partial charge in [0.2, 0.25) is 0 Å². The highest BCUT2D eigenvalue weighted by molar-refractivity contribution is 5.60. The standard InChI is InChI=1S/C17H20N2O/c1-20-16-5-6-17-15(10-16)7-8-19(17)12-14-4-2-3-13(9-14)11-18/h2-6,9-10H,7-8,11-12,18H2,1H3. The van der Waals surface area contributed by atoms with Crippen LogP contribution < -0.4 is 15.4 Å². The molecular weight excluding hydrogens is 248 g/mol. The van der Waals surface area contributed by atoms with Crippen molar-refractivity contribution in [3.05, 3.63) is 59.2 Å². The predicted molar refractivity (Wildman–Crippen MR) is 82.1 cm³/mol. The van der Waals surface area contributed by atoms with Crippen LogP contribution in [0.25, 0.3) is 0 Å². The summed E-state index contributed by atoms with van der Waals surface area (Å²) in [4.78, 5) is 2.42. The molecule has 3 rings (SSSR count). The Kier molecular flexibility index (Phi) is 3.61. The van der Waals surface area contributed by atoms with Crippen LogP contribution in [0.2, 0.25) is 0 Å². The van der Waals surface area contributed by atoms with Gasteiger partial charge in [-0.15, -0.1) is 0 Å². The molecule has 104 valence electrons. The van der Waals surface area contributed by atoms with Crippen LogP contribution in [0.5, 0.6) is 5.75 Å². The number of nitrogens with two attached hydrogens (primary N) is 1. The van der Waals surface area contributed by atoms with Crippen molar-refractivity contribution in [1.82, 2.24) is 0 Å². The third-order valence-corrected chi connectivity index (χ3v) is 3.88. The Bertz CT molecular complexity index is 610. The lowest BCUT2D eigenvalue weighted by Gasteiger charge is -2.20. The molecule has 0 saturated heterocycles. The van der Waals surface area contributed by atoms with Crippen LogP contribution in [-0.2, 0) is 19.5 Å². The van der Waals surface area contributed by atoms with Gasteiger partial charge >= 0.3 is 0 Å². The molecule has 3 heteroatoms. The van der Waals surface area contributed by atoms with Gasteiger partial charge in [0.25, 0.3) is 0 Å². The average Bonchev–Trinajstić information content (AvgIpc) is 2.89. The van der Waals surface area contributed by atoms with Gasteiger partial charge in [0.15, 0.2) is 0 Å². The summed E-state index contributed by atoms with van der Waals surface area (Å²) in [6.45, 7) is 2.60. The molecule has 2 aromatic carbocycles. The van der Waals surface area contributed by atoms with E-state index in [-0.39, 0.29) is 0 Å². The van der Waals surface area contributed by atoms with E-state index in [0.717, 1.165) is 25.3 Å². The molecule has 1 aliphatic rings. The van der Waals surface area contributed by atoms with Crippen molar-refractivity contribution in [3.63, 3.8) is 0 Å². The van der Waals surface area contributed by atoms with Crippen LogP contribution in [0.1, 0.15) is 16.7 Å². The number of hydrogen-bond donors (Lipinski definition) is 1. The molecule has 2 aromatic rings. The lowest BCUT2D eigenvalue weighted by Crippen LogP contribution is -2.19. The van der Waals surface area contributed by atoms with Gasteiger partial charge in [-0.3, -0.25) is 0 Å². The molecule has 0 bridgehead atoms. The van der Waals surface area contributed by atoms with E-state index in [1.54, 1.807) is 7.11 Å². The molecule has 20 heavy (non-hydrogen) atoms. The number of methoxy groups -OCH3 is 1. The fourth-order valence-electron chi connectivity index (χ4n) is 2.81. The molecule has 0 aliphatic carbocycles. The number of fused-ring (bicyclic) bond motifs is 1. The lowest BCUT2D eigenvalue weighted by atomic mass is 10.1. The van der Waals surface area contributed by atoms with E-state index in [0.29, 0.717) is 6.54 Å². The van der Waals surface area contributed by atoms with Gasteiger partial charge in [-0.2, -0.15) is 0 Å². The van der Waals surface area contributed by atoms with Gasteiger partial charge in [0, 0.05) is 25.3 Å². The normalized spacial score (nSPS) is 13.4. The first-order chi connectivity index (χ1) is 9.80. The van der Waals surface area contributed by atoms with Crippen LogP contribution in [0.15, 0.2) is 42.5 Å². The summed E-state index contributed by atoms with van der Waals surface area (Å²) in [5, 5.41) is 0. The molecule has 0 saturated carbocycles. The second kappa shape index (κ2) is 5.55. The summed E-state index contributed by atoms with van der Waals surface area (Å²) in [5.41, 5.74) is 10.9. The summed E-state index contributed by atoms with van der Waals surface area (Å²) in [7, 11) is 1.72. The van der Waals surface area contributed by atoms with E-state index < -0.39 is 0 Å². The zero-order chi connectivity index (χ0) is 13.9. The van der Waals surface area contributed by atoms with Crippen LogP contribution in [0.4, 0.5) is 5.69 Å². The maximum atomic E-state index is 5.71. The van der Waals surface area contributed by atoms with Crippen LogP contribution in [0.3, 0.4) is 0 Å². The van der Waals surface area contributed by atoms with Crippen molar-refractivity contribution in [1.29, 1.82) is 0 Å². The maximum absolute atomic E-state index is 5.71. The van der Waals surface area contributed by atoms with Crippen LogP contribution >= 0.6 is 0 Å². The fraction of sp³-hybridized carbons (Fsp3) is 0.294. The fourth-order valence-corrected chi connectivity index (χ4v) is 2.81. The van der Waals surface area contributed by atoms with Gasteiger partial charge in [0.1, 0.15) is 5.75 Å². The number of benzene rings is 2. The Morgan fingerprint density at radius 2 is 2.00 bits per heavy atom. The van der Waals surface area contributed by atoms with E-state index in [2.05, 4.69) is 41.3 Å². The first-order valence-electron chi connectivity index (χ1n) is 7.00. The summed E-state index contributed by atoms with van der Waals surface area (Å²) < 4.78 is 5.29. The molecule has 3 nitrogen and oxygen atoms in total. The Morgan fingerprint density at radius 1 is 1.15 bits per heavy atom. The first kappa shape index (κ1) is 13.0. The maximum Gasteiger partial charge on any atom is 0.119 e. The zero-order valence-electron chi connectivity index (χ0n) is 11.8. The van der Waals surface area contributed by atoms with E-state index in [1.807, 2.05) is 6.07 Å². The van der Waals surface area contributed by atoms with Crippen LogP contribution in [0, 0.1) is 0 Å². The molecule has 0 spiro atoms. The Balaban J connectivity index is 1.80. The van der Waals surface area contributed by atoms with Crippen molar-refractivity contribution in [3.8, 4) is 5.75 Å². The minimum Gasteiger partial charge on any atom is -0.497 e. The largest absolute Gasteiger partial charge is 0.497 e. The highest BCUT2D eigenvalue weighted by Gasteiger charge is 2.19. The van der Waals surface area contributed by atoms with Crippen LogP contribution in [-0.4, -0.2) is 13.7 Å². The van der Waals surface area contributed by atoms with Gasteiger partial charge in [-0.25, -0.2) is 0 Å². The summed E-state index contributed by atoms with van der Waals surface area (Å²) >= 11 is 0. The lowest BCUT2D eigenvalue weighted by molar-refractivity contribution is 0.414. The third-order valence-electron chi connectivity index (χ3n) is 3.88. The monoisotopic (exact) mass is 268 g/mol. The van der Waals surface area contributed by atoms with Gasteiger partial charge < -0.3 is 15.4 Å². The van der Waals surface area contributed by atoms with Crippen molar-refractivity contribution < 1.29 is 4.74 Å². The zero-order valence-corrected chi connectivity index (χ0v) is 11.8. The molecule has 0 aromatic heterocycles. The second-order valence-electron chi connectivity index (χ2n) is 5.19. The third kappa shape index (κ3) is 2.49. The van der Waals surface area contributed by atoms with Crippen molar-refractivity contribution in [2.45, 2.75) is 19.5 Å². The highest BCUT2D eigenvalue weighted by Crippen LogP contribution is 2.32. The first-order valence-corrected chi connectivity index (χ1v) is 7.00. The Labute approximate surface area is 120 Å². The molecule has 2 N–H and O–H groups in total. The number of anilines is 1. The van der Waals surface area contributed by atoms with E-state index >= 15 is 0 Å². The molecule has 0 unspecified atom stereocenters. The van der Waals surface area contributed by atoms with Gasteiger partial charge in [-0.05, 0) is 41.3 Å². The molecular formula is C17H20N2O. The second-order valence-corrected chi connectivity index (χ2v) is 5.19. The molecule has 0 atom stereocenters. The summed E-state index contributed by atoms with van der Waals surface area (Å²) in [6.07, 6.45) is 1.09. The highest BCUT2D eigenvalue weighted by atomic mass is 16.5. The number of hydrogen-bond acceptors (Lipinski definition) is 3. The molecule has 0 radical (unpaired) electrons. The number of nitrogens with zero attached hydrogens (tertiary/aromatic N) is 1. The topological polar surface area (TPSA) is 38.5 Å². The van der Waals surface area contributed by atoms with Gasteiger partial charge in [-0.1, -0.05) is 24.3 Å². The van der Waals surface area contributed by atoms with Crippen molar-refractivity contribution >= 4 is 5.69 Å². The van der Waals surface area contributed by atoms with Crippen molar-refractivity contribution in [2.75, 3.05) is 18.6 Å². The van der Waals surface area contributed by atoms with E-state index in [9.17, 15) is 0 Å². The average molecular weight is 268 g/mol. The van der Waals surface area contributed by atoms with Gasteiger partial charge in [0.05, 0.1) is 7.11 Å². The smallest absolute Gasteiger partial charge is 0.119 e. The van der Waals surface area contributed by atoms with Crippen molar-refractivity contribution in [2.24, 2.45) is 5.73 Å². The molecule has 1 heterocycles. The quantitative estimate of drug-likeness (QED) is 0.926. The minimum absolute atomic E-state index is 0.599. The summed E-state index contributed by atoms with van der Waals surface area (Å²) in [5.74, 6) is 0.940. The van der Waals surface area contributed by atoms with E-state index in [4.69, 9.17) is 10.5 Å². The summed E-state index contributed by atoms with van der Waals surface area (Å²) in [6, 6.07) is 14.9. The Morgan fingerprint density at radius 3 is 2.80 bits per heavy atom. The Hall–Kier alpha value is -2.00. The van der Waals surface area contributed by atoms with E-state index in [1.165, 1.54) is 22.4 Å². The molecule has 0 fully saturated rings. The minimum atomic E-state index is 0.599. The number of rotatable bonds is 4. The SMILES string of the molecule is COc1ccc2c(c1)CCN2Cc1cccc(CN)c1. The molecule has 0 amide bonds. The molecule has 1 aliphatic heterocycles. The number of ether oxygens (including phenoxy) is 1. The predicted octanol–water partition coefficient (Wildman–Crippen LogP) is 2.72.